The van der Waals surface area contributed by atoms with Crippen LogP contribution in [0.3, 0.4) is 0 Å². The highest BCUT2D eigenvalue weighted by atomic mass is 16.3. The second kappa shape index (κ2) is 7.94. The molecule has 7 nitrogen and oxygen atoms in total. The second-order valence-electron chi connectivity index (χ2n) is 9.55. The van der Waals surface area contributed by atoms with Crippen LogP contribution in [0.5, 0.6) is 5.75 Å². The molecule has 7 heteroatoms. The molecule has 2 unspecified atom stereocenters. The van der Waals surface area contributed by atoms with E-state index in [2.05, 4.69) is 16.0 Å². The zero-order valence-corrected chi connectivity index (χ0v) is 19.3. The maximum atomic E-state index is 12.2. The Morgan fingerprint density at radius 3 is 2.41 bits per heavy atom. The zero-order valence-electron chi connectivity index (χ0n) is 19.3. The van der Waals surface area contributed by atoms with Crippen molar-refractivity contribution >= 4 is 11.6 Å². The van der Waals surface area contributed by atoms with Crippen molar-refractivity contribution in [3.05, 3.63) is 66.2 Å². The Labute approximate surface area is 198 Å². The van der Waals surface area contributed by atoms with Gasteiger partial charge in [-0.3, -0.25) is 9.78 Å². The Morgan fingerprint density at radius 1 is 1.00 bits per heavy atom. The van der Waals surface area contributed by atoms with Crippen LogP contribution in [0, 0.1) is 6.92 Å². The topological polar surface area (TPSA) is 83.6 Å². The Balaban J connectivity index is 1.52. The number of hydrogen-bond acceptors (Lipinski definition) is 5. The highest BCUT2D eigenvalue weighted by molar-refractivity contribution is 5.91. The number of carbonyl (C=O) groups is 1. The average Bonchev–Trinajstić information content (AvgIpc) is 3.36. The number of fused-ring (bicyclic) bond motifs is 3. The van der Waals surface area contributed by atoms with Crippen LogP contribution in [-0.4, -0.2) is 47.6 Å². The summed E-state index contributed by atoms with van der Waals surface area (Å²) < 4.78 is 1.98. The first-order valence-corrected chi connectivity index (χ1v) is 11.9. The van der Waals surface area contributed by atoms with Gasteiger partial charge in [-0.1, -0.05) is 12.1 Å². The van der Waals surface area contributed by atoms with Gasteiger partial charge in [0.1, 0.15) is 11.4 Å². The molecule has 1 amide bonds. The summed E-state index contributed by atoms with van der Waals surface area (Å²) in [6.45, 7) is 3.57. The van der Waals surface area contributed by atoms with E-state index in [-0.39, 0.29) is 11.7 Å². The number of aryl methyl sites for hydroxylation is 1. The summed E-state index contributed by atoms with van der Waals surface area (Å²) in [7, 11) is 0. The summed E-state index contributed by atoms with van der Waals surface area (Å²) in [5, 5.41) is 15.5. The van der Waals surface area contributed by atoms with Crippen LogP contribution in [-0.2, 0) is 4.79 Å². The first-order chi connectivity index (χ1) is 16.5. The molecule has 2 bridgehead atoms. The number of phenolic OH excluding ortho intramolecular Hbond substituents is 1. The fraction of sp³-hybridized carbons (Fsp3) is 0.333. The normalized spacial score (nSPS) is 21.8. The Kier molecular flexibility index (Phi) is 4.86. The number of hydrogen-bond donors (Lipinski definition) is 1. The highest BCUT2D eigenvalue weighted by Crippen LogP contribution is 2.44. The van der Waals surface area contributed by atoms with E-state index in [9.17, 15) is 9.90 Å². The molecule has 4 aromatic rings. The number of carbonyl (C=O) groups excluding carboxylic acids is 1. The van der Waals surface area contributed by atoms with Crippen LogP contribution in [0.1, 0.15) is 49.8 Å². The van der Waals surface area contributed by atoms with Gasteiger partial charge in [0, 0.05) is 54.8 Å². The number of rotatable bonds is 3. The van der Waals surface area contributed by atoms with Gasteiger partial charge in [0.2, 0.25) is 5.91 Å². The summed E-state index contributed by atoms with van der Waals surface area (Å²) in [5.74, 6) is 0.747. The Bertz CT molecular complexity index is 1380. The molecular formula is C27H27N5O2. The molecule has 1 aromatic carbocycles. The van der Waals surface area contributed by atoms with E-state index in [0.717, 1.165) is 65.0 Å². The molecule has 172 valence electrons. The number of pyridine rings is 1. The molecule has 34 heavy (non-hydrogen) atoms. The molecule has 2 aliphatic heterocycles. The summed E-state index contributed by atoms with van der Waals surface area (Å²) in [5.41, 5.74) is 6.26. The van der Waals surface area contributed by atoms with Gasteiger partial charge in [-0.05, 0) is 68.0 Å². The number of benzene rings is 1. The van der Waals surface area contributed by atoms with Gasteiger partial charge in [-0.2, -0.15) is 5.10 Å². The second-order valence-corrected chi connectivity index (χ2v) is 9.55. The van der Waals surface area contributed by atoms with E-state index < -0.39 is 0 Å². The molecule has 6 rings (SSSR count). The van der Waals surface area contributed by atoms with Crippen molar-refractivity contribution in [1.29, 1.82) is 0 Å². The third-order valence-corrected chi connectivity index (χ3v) is 7.51. The zero-order chi connectivity index (χ0) is 23.4. The van der Waals surface area contributed by atoms with Gasteiger partial charge in [0.05, 0.1) is 5.56 Å². The minimum atomic E-state index is 0.186. The first kappa shape index (κ1) is 20.8. The monoisotopic (exact) mass is 453 g/mol. The molecule has 2 fully saturated rings. The maximum Gasteiger partial charge on any atom is 0.219 e. The van der Waals surface area contributed by atoms with Crippen molar-refractivity contribution in [1.82, 2.24) is 24.5 Å². The van der Waals surface area contributed by atoms with Gasteiger partial charge >= 0.3 is 0 Å². The van der Waals surface area contributed by atoms with Crippen LogP contribution in [0.15, 0.2) is 55.0 Å². The smallest absolute Gasteiger partial charge is 0.219 e. The number of aromatic hydroxyl groups is 1. The predicted molar refractivity (Wildman–Crippen MR) is 129 cm³/mol. The van der Waals surface area contributed by atoms with Crippen LogP contribution >= 0.6 is 0 Å². The lowest BCUT2D eigenvalue weighted by Gasteiger charge is -2.38. The largest absolute Gasteiger partial charge is 0.508 e. The van der Waals surface area contributed by atoms with Crippen molar-refractivity contribution in [2.75, 3.05) is 0 Å². The summed E-state index contributed by atoms with van der Waals surface area (Å²) in [6, 6.07) is 12.3. The average molecular weight is 454 g/mol. The molecule has 5 heterocycles. The van der Waals surface area contributed by atoms with Crippen LogP contribution in [0.25, 0.3) is 28.0 Å². The first-order valence-electron chi connectivity index (χ1n) is 11.9. The third-order valence-electron chi connectivity index (χ3n) is 7.51. The standard InChI is InChI=1S/C27H27N5O2/c1-16-3-4-19(15-24(16)34)25-26(18-7-10-28-11-8-18)30-32-23(9-12-29-27(25)32)20-13-21-5-6-22(14-20)31(21)17(2)33/h3-4,7-12,15,20-22,34H,5-6,13-14H2,1-2H3. The molecule has 0 spiro atoms. The number of piperidine rings is 1. The highest BCUT2D eigenvalue weighted by Gasteiger charge is 2.43. The number of aromatic nitrogens is 4. The number of nitrogens with zero attached hydrogens (tertiary/aromatic N) is 5. The van der Waals surface area contributed by atoms with E-state index in [4.69, 9.17) is 10.1 Å². The lowest BCUT2D eigenvalue weighted by Crippen LogP contribution is -2.45. The Hall–Kier alpha value is -3.74. The van der Waals surface area contributed by atoms with Crippen molar-refractivity contribution in [2.24, 2.45) is 0 Å². The minimum Gasteiger partial charge on any atom is -0.508 e. The molecule has 2 aliphatic rings. The number of phenols is 1. The van der Waals surface area contributed by atoms with E-state index >= 15 is 0 Å². The quantitative estimate of drug-likeness (QED) is 0.485. The van der Waals surface area contributed by atoms with Crippen molar-refractivity contribution in [3.63, 3.8) is 0 Å². The van der Waals surface area contributed by atoms with E-state index in [1.54, 1.807) is 25.4 Å². The van der Waals surface area contributed by atoms with E-state index in [1.807, 2.05) is 41.9 Å². The Morgan fingerprint density at radius 2 is 1.74 bits per heavy atom. The molecular weight excluding hydrogens is 426 g/mol. The molecule has 0 radical (unpaired) electrons. The number of amides is 1. The third kappa shape index (κ3) is 3.26. The van der Waals surface area contributed by atoms with Crippen molar-refractivity contribution in [3.8, 4) is 28.1 Å². The van der Waals surface area contributed by atoms with E-state index in [0.29, 0.717) is 18.0 Å². The molecule has 2 saturated heterocycles. The molecule has 0 saturated carbocycles. The SMILES string of the molecule is CC(=O)N1C2CCC1CC(c1ccnc3c(-c4ccc(C)c(O)c4)c(-c4ccncc4)nn13)C2. The van der Waals surface area contributed by atoms with Gasteiger partial charge in [-0.15, -0.1) is 0 Å². The van der Waals surface area contributed by atoms with Crippen molar-refractivity contribution in [2.45, 2.75) is 57.5 Å². The van der Waals surface area contributed by atoms with Crippen LogP contribution in [0.4, 0.5) is 0 Å². The fourth-order valence-electron chi connectivity index (χ4n) is 5.95. The molecule has 1 N–H and O–H groups in total. The molecule has 0 aliphatic carbocycles. The lowest BCUT2D eigenvalue weighted by molar-refractivity contribution is -0.133. The van der Waals surface area contributed by atoms with E-state index in [1.165, 1.54) is 0 Å². The van der Waals surface area contributed by atoms with Gasteiger partial charge in [0.25, 0.3) is 0 Å². The van der Waals surface area contributed by atoms with Crippen molar-refractivity contribution < 1.29 is 9.90 Å². The van der Waals surface area contributed by atoms with Crippen LogP contribution < -0.4 is 0 Å². The lowest BCUT2D eigenvalue weighted by atomic mass is 9.88. The summed E-state index contributed by atoms with van der Waals surface area (Å²) in [6.07, 6.45) is 9.42. The minimum absolute atomic E-state index is 0.186. The molecule has 3 aromatic heterocycles. The summed E-state index contributed by atoms with van der Waals surface area (Å²) >= 11 is 0. The maximum absolute atomic E-state index is 12.2. The van der Waals surface area contributed by atoms with Gasteiger partial charge < -0.3 is 10.0 Å². The summed E-state index contributed by atoms with van der Waals surface area (Å²) in [4.78, 5) is 23.2. The van der Waals surface area contributed by atoms with Crippen LogP contribution in [0.2, 0.25) is 0 Å². The molecule has 2 atom stereocenters. The van der Waals surface area contributed by atoms with Gasteiger partial charge in [-0.25, -0.2) is 9.50 Å². The van der Waals surface area contributed by atoms with Gasteiger partial charge in [0.15, 0.2) is 5.65 Å². The fourth-order valence-corrected chi connectivity index (χ4v) is 5.95. The predicted octanol–water partition coefficient (Wildman–Crippen LogP) is 4.73.